The molecule has 0 radical (unpaired) electrons. The molecule has 7 nitrogen and oxygen atoms in total. The van der Waals surface area contributed by atoms with Gasteiger partial charge in [-0.2, -0.15) is 0 Å². The second-order valence-corrected chi connectivity index (χ2v) is 7.94. The summed E-state index contributed by atoms with van der Waals surface area (Å²) >= 11 is 0. The summed E-state index contributed by atoms with van der Waals surface area (Å²) in [7, 11) is -0.636. The average Bonchev–Trinajstić information content (AvgIpc) is 2.81. The highest BCUT2D eigenvalue weighted by Crippen LogP contribution is 2.37. The second-order valence-electron chi connectivity index (χ2n) is 7.94. The Morgan fingerprint density at radius 3 is 2.38 bits per heavy atom. The first kappa shape index (κ1) is 19.1. The van der Waals surface area contributed by atoms with Crippen molar-refractivity contribution in [2.45, 2.75) is 51.7 Å². The zero-order valence-corrected chi connectivity index (χ0v) is 15.8. The topological polar surface area (TPSA) is 80.1 Å². The number of hydrogen-bond acceptors (Lipinski definition) is 6. The van der Waals surface area contributed by atoms with Crippen molar-refractivity contribution in [3.63, 3.8) is 0 Å². The van der Waals surface area contributed by atoms with Gasteiger partial charge in [-0.3, -0.25) is 10.1 Å². The quantitative estimate of drug-likeness (QED) is 0.455. The van der Waals surface area contributed by atoms with Crippen molar-refractivity contribution in [1.29, 1.82) is 0 Å². The van der Waals surface area contributed by atoms with E-state index in [-0.39, 0.29) is 11.4 Å². The van der Waals surface area contributed by atoms with Crippen LogP contribution in [0.4, 0.5) is 5.69 Å². The summed E-state index contributed by atoms with van der Waals surface area (Å²) in [6, 6.07) is 4.90. The molecule has 0 aliphatic carbocycles. The molecule has 26 heavy (non-hydrogen) atoms. The summed E-state index contributed by atoms with van der Waals surface area (Å²) in [6.45, 7) is 9.70. The van der Waals surface area contributed by atoms with E-state index in [0.29, 0.717) is 18.0 Å². The number of nitro groups is 1. The van der Waals surface area contributed by atoms with Crippen LogP contribution in [0.1, 0.15) is 40.5 Å². The SMILES string of the molecule is CC1(C)OB(c2ccc(OCC3CCOCC3)c([N+](=O)[O-])c2)OC1(C)C. The fraction of sp³-hybridized carbons (Fsp3) is 0.667. The van der Waals surface area contributed by atoms with Gasteiger partial charge in [0.2, 0.25) is 0 Å². The minimum Gasteiger partial charge on any atom is -0.487 e. The number of hydrogen-bond donors (Lipinski definition) is 0. The van der Waals surface area contributed by atoms with Crippen LogP contribution >= 0.6 is 0 Å². The second kappa shape index (κ2) is 7.17. The molecule has 8 heteroatoms. The Morgan fingerprint density at radius 1 is 1.19 bits per heavy atom. The number of rotatable bonds is 5. The first-order valence-electron chi connectivity index (χ1n) is 9.04. The van der Waals surface area contributed by atoms with Crippen LogP contribution in [0.15, 0.2) is 18.2 Å². The highest BCUT2D eigenvalue weighted by Gasteiger charge is 2.52. The summed E-state index contributed by atoms with van der Waals surface area (Å²) in [5.41, 5.74) is -0.437. The van der Waals surface area contributed by atoms with Crippen LogP contribution in [-0.2, 0) is 14.0 Å². The third kappa shape index (κ3) is 3.87. The van der Waals surface area contributed by atoms with Crippen molar-refractivity contribution in [3.05, 3.63) is 28.3 Å². The van der Waals surface area contributed by atoms with Gasteiger partial charge in [-0.25, -0.2) is 0 Å². The molecule has 2 aliphatic heterocycles. The first-order chi connectivity index (χ1) is 12.2. The maximum absolute atomic E-state index is 11.5. The van der Waals surface area contributed by atoms with Crippen molar-refractivity contribution in [1.82, 2.24) is 0 Å². The smallest absolute Gasteiger partial charge is 0.487 e. The van der Waals surface area contributed by atoms with Gasteiger partial charge >= 0.3 is 12.8 Å². The summed E-state index contributed by atoms with van der Waals surface area (Å²) in [5, 5.41) is 11.5. The van der Waals surface area contributed by atoms with Crippen LogP contribution in [0, 0.1) is 16.0 Å². The van der Waals surface area contributed by atoms with E-state index < -0.39 is 23.2 Å². The van der Waals surface area contributed by atoms with Gasteiger partial charge in [-0.05, 0) is 58.0 Å². The molecule has 1 aromatic carbocycles. The van der Waals surface area contributed by atoms with E-state index in [2.05, 4.69) is 0 Å². The maximum atomic E-state index is 11.5. The van der Waals surface area contributed by atoms with Gasteiger partial charge in [-0.1, -0.05) is 6.07 Å². The third-order valence-electron chi connectivity index (χ3n) is 5.52. The molecule has 2 heterocycles. The van der Waals surface area contributed by atoms with Gasteiger partial charge in [0.15, 0.2) is 5.75 Å². The van der Waals surface area contributed by atoms with E-state index in [0.717, 1.165) is 26.1 Å². The number of ether oxygens (including phenoxy) is 2. The van der Waals surface area contributed by atoms with Gasteiger partial charge in [0.25, 0.3) is 0 Å². The highest BCUT2D eigenvalue weighted by molar-refractivity contribution is 6.62. The van der Waals surface area contributed by atoms with Gasteiger partial charge in [0, 0.05) is 19.3 Å². The van der Waals surface area contributed by atoms with Crippen molar-refractivity contribution in [2.24, 2.45) is 5.92 Å². The van der Waals surface area contributed by atoms with Crippen LogP contribution in [0.25, 0.3) is 0 Å². The van der Waals surface area contributed by atoms with Gasteiger partial charge < -0.3 is 18.8 Å². The molecule has 2 saturated heterocycles. The van der Waals surface area contributed by atoms with Gasteiger partial charge in [0.05, 0.1) is 22.7 Å². The molecule has 1 aromatic rings. The molecular weight excluding hydrogens is 337 g/mol. The molecule has 0 atom stereocenters. The fourth-order valence-electron chi connectivity index (χ4n) is 3.05. The molecule has 3 rings (SSSR count). The molecule has 0 unspecified atom stereocenters. The molecule has 0 N–H and O–H groups in total. The molecule has 0 saturated carbocycles. The molecule has 0 aromatic heterocycles. The Balaban J connectivity index is 1.76. The lowest BCUT2D eigenvalue weighted by Gasteiger charge is -2.32. The maximum Gasteiger partial charge on any atom is 0.495 e. The Bertz CT molecular complexity index is 656. The van der Waals surface area contributed by atoms with Crippen LogP contribution in [0.3, 0.4) is 0 Å². The predicted octanol–water partition coefficient (Wildman–Crippen LogP) is 2.70. The molecule has 0 spiro atoms. The molecule has 2 aliphatic rings. The largest absolute Gasteiger partial charge is 0.495 e. The number of nitrogens with zero attached hydrogens (tertiary/aromatic N) is 1. The van der Waals surface area contributed by atoms with Crippen LogP contribution in [0.2, 0.25) is 0 Å². The van der Waals surface area contributed by atoms with Crippen LogP contribution in [0.5, 0.6) is 5.75 Å². The molecular formula is C18H26BNO6. The van der Waals surface area contributed by atoms with Crippen molar-refractivity contribution in [2.75, 3.05) is 19.8 Å². The predicted molar refractivity (Wildman–Crippen MR) is 97.9 cm³/mol. The number of benzene rings is 1. The Kier molecular flexibility index (Phi) is 5.28. The highest BCUT2D eigenvalue weighted by atomic mass is 16.7. The molecule has 0 bridgehead atoms. The Hall–Kier alpha value is -1.64. The van der Waals surface area contributed by atoms with E-state index in [1.165, 1.54) is 6.07 Å². The Morgan fingerprint density at radius 2 is 1.81 bits per heavy atom. The van der Waals surface area contributed by atoms with E-state index in [4.69, 9.17) is 18.8 Å². The van der Waals surface area contributed by atoms with Crippen LogP contribution in [-0.4, -0.2) is 43.1 Å². The monoisotopic (exact) mass is 363 g/mol. The van der Waals surface area contributed by atoms with E-state index in [1.54, 1.807) is 12.1 Å². The zero-order valence-electron chi connectivity index (χ0n) is 15.8. The zero-order chi connectivity index (χ0) is 18.9. The lowest BCUT2D eigenvalue weighted by Crippen LogP contribution is -2.41. The van der Waals surface area contributed by atoms with E-state index in [1.807, 2.05) is 27.7 Å². The Labute approximate surface area is 154 Å². The van der Waals surface area contributed by atoms with Gasteiger partial charge in [0.1, 0.15) is 0 Å². The van der Waals surface area contributed by atoms with Crippen molar-refractivity contribution < 1.29 is 23.7 Å². The minimum atomic E-state index is -0.636. The molecule has 0 amide bonds. The summed E-state index contributed by atoms with van der Waals surface area (Å²) in [5.74, 6) is 0.646. The lowest BCUT2D eigenvalue weighted by molar-refractivity contribution is -0.385. The average molecular weight is 363 g/mol. The minimum absolute atomic E-state index is 0.0655. The summed E-state index contributed by atoms with van der Waals surface area (Å²) in [4.78, 5) is 11.1. The van der Waals surface area contributed by atoms with E-state index in [9.17, 15) is 10.1 Å². The summed E-state index contributed by atoms with van der Waals surface area (Å²) < 4.78 is 23.0. The van der Waals surface area contributed by atoms with Crippen LogP contribution < -0.4 is 10.2 Å². The van der Waals surface area contributed by atoms with Crippen molar-refractivity contribution >= 4 is 18.3 Å². The lowest BCUT2D eigenvalue weighted by atomic mass is 9.79. The number of nitro benzene ring substituents is 1. The third-order valence-corrected chi connectivity index (χ3v) is 5.52. The first-order valence-corrected chi connectivity index (χ1v) is 9.04. The van der Waals surface area contributed by atoms with Gasteiger partial charge in [-0.15, -0.1) is 0 Å². The fourth-order valence-corrected chi connectivity index (χ4v) is 3.05. The van der Waals surface area contributed by atoms with Crippen molar-refractivity contribution in [3.8, 4) is 5.75 Å². The molecule has 142 valence electrons. The standard InChI is InChI=1S/C18H26BNO6/c1-17(2)18(3,4)26-19(25-17)14-5-6-16(15(11-14)20(21)22)24-12-13-7-9-23-10-8-13/h5-6,11,13H,7-10,12H2,1-4H3. The van der Waals surface area contributed by atoms with E-state index >= 15 is 0 Å². The molecule has 2 fully saturated rings. The normalized spacial score (nSPS) is 22.4. The summed E-state index contributed by atoms with van der Waals surface area (Å²) in [6.07, 6.45) is 1.83.